The predicted octanol–water partition coefficient (Wildman–Crippen LogP) is 2.11. The van der Waals surface area contributed by atoms with Gasteiger partial charge in [0.2, 0.25) is 0 Å². The molecule has 0 N–H and O–H groups in total. The van der Waals surface area contributed by atoms with Gasteiger partial charge in [0.1, 0.15) is 11.9 Å². The van der Waals surface area contributed by atoms with Gasteiger partial charge in [-0.3, -0.25) is 15.1 Å². The maximum absolute atomic E-state index is 10.9. The minimum atomic E-state index is -0.433. The Morgan fingerprint density at radius 3 is 2.76 bits per heavy atom. The van der Waals surface area contributed by atoms with Crippen molar-refractivity contribution in [2.75, 3.05) is 7.11 Å². The Kier molecular flexibility index (Phi) is 2.86. The Balaban J connectivity index is 2.73. The molecule has 17 heavy (non-hydrogen) atoms. The SMILES string of the molecule is CCc1c([N+](=O)[O-])cnc2cc(OC)cnc12. The number of methoxy groups -OCH3 is 1. The highest BCUT2D eigenvalue weighted by Crippen LogP contribution is 2.26. The molecular formula is C11H11N3O3. The van der Waals surface area contributed by atoms with Crippen molar-refractivity contribution in [2.24, 2.45) is 0 Å². The van der Waals surface area contributed by atoms with Gasteiger partial charge in [0.25, 0.3) is 5.69 Å². The van der Waals surface area contributed by atoms with Gasteiger partial charge in [0, 0.05) is 6.07 Å². The van der Waals surface area contributed by atoms with Crippen LogP contribution in [0.5, 0.6) is 5.75 Å². The van der Waals surface area contributed by atoms with E-state index in [9.17, 15) is 10.1 Å². The Bertz CT molecular complexity index is 583. The molecule has 0 aromatic carbocycles. The monoisotopic (exact) mass is 233 g/mol. The van der Waals surface area contributed by atoms with Crippen molar-refractivity contribution < 1.29 is 9.66 Å². The van der Waals surface area contributed by atoms with E-state index in [1.54, 1.807) is 6.07 Å². The zero-order valence-electron chi connectivity index (χ0n) is 9.51. The first-order valence-corrected chi connectivity index (χ1v) is 5.13. The zero-order valence-corrected chi connectivity index (χ0v) is 9.51. The molecule has 0 fully saturated rings. The van der Waals surface area contributed by atoms with Crippen LogP contribution >= 0.6 is 0 Å². The van der Waals surface area contributed by atoms with Gasteiger partial charge in [0.05, 0.1) is 34.8 Å². The molecule has 0 aliphatic heterocycles. The average molecular weight is 233 g/mol. The topological polar surface area (TPSA) is 78.2 Å². The minimum absolute atomic E-state index is 0.0117. The van der Waals surface area contributed by atoms with E-state index >= 15 is 0 Å². The number of hydrogen-bond acceptors (Lipinski definition) is 5. The van der Waals surface area contributed by atoms with Crippen molar-refractivity contribution in [2.45, 2.75) is 13.3 Å². The standard InChI is InChI=1S/C11H11N3O3/c1-3-8-10(14(15)16)6-12-9-4-7(17-2)5-13-11(8)9/h4-6H,3H2,1-2H3. The third-order valence-corrected chi connectivity index (χ3v) is 2.55. The van der Waals surface area contributed by atoms with Crippen molar-refractivity contribution in [3.63, 3.8) is 0 Å². The summed E-state index contributed by atoms with van der Waals surface area (Å²) in [5, 5.41) is 10.9. The smallest absolute Gasteiger partial charge is 0.292 e. The molecule has 0 aliphatic carbocycles. The molecule has 6 heteroatoms. The summed E-state index contributed by atoms with van der Waals surface area (Å²) in [6.07, 6.45) is 3.34. The van der Waals surface area contributed by atoms with E-state index in [0.717, 1.165) is 0 Å². The summed E-state index contributed by atoms with van der Waals surface area (Å²) in [7, 11) is 1.54. The second-order valence-electron chi connectivity index (χ2n) is 3.48. The Labute approximate surface area is 97.4 Å². The van der Waals surface area contributed by atoms with Crippen molar-refractivity contribution in [3.05, 3.63) is 34.1 Å². The highest BCUT2D eigenvalue weighted by Gasteiger charge is 2.17. The molecule has 2 aromatic rings. The summed E-state index contributed by atoms with van der Waals surface area (Å²) in [6, 6.07) is 1.71. The van der Waals surface area contributed by atoms with Crippen molar-refractivity contribution >= 4 is 16.7 Å². The number of aromatic nitrogens is 2. The maximum Gasteiger partial charge on any atom is 0.292 e. The minimum Gasteiger partial charge on any atom is -0.495 e. The first-order chi connectivity index (χ1) is 8.17. The summed E-state index contributed by atoms with van der Waals surface area (Å²) < 4.78 is 5.04. The van der Waals surface area contributed by atoms with Gasteiger partial charge >= 0.3 is 0 Å². The normalized spacial score (nSPS) is 10.5. The number of aryl methyl sites for hydroxylation is 1. The van der Waals surface area contributed by atoms with Crippen molar-refractivity contribution in [1.29, 1.82) is 0 Å². The van der Waals surface area contributed by atoms with Gasteiger partial charge in [-0.1, -0.05) is 6.92 Å². The lowest BCUT2D eigenvalue weighted by Gasteiger charge is -2.05. The maximum atomic E-state index is 10.9. The molecule has 0 spiro atoms. The highest BCUT2D eigenvalue weighted by molar-refractivity contribution is 5.81. The van der Waals surface area contributed by atoms with Crippen LogP contribution in [0.2, 0.25) is 0 Å². The number of nitro groups is 1. The Morgan fingerprint density at radius 2 is 2.18 bits per heavy atom. The molecular weight excluding hydrogens is 222 g/mol. The van der Waals surface area contributed by atoms with Crippen LogP contribution in [0.15, 0.2) is 18.5 Å². The first-order valence-electron chi connectivity index (χ1n) is 5.13. The summed E-state index contributed by atoms with van der Waals surface area (Å²) in [5.41, 5.74) is 1.77. The van der Waals surface area contributed by atoms with E-state index in [0.29, 0.717) is 28.8 Å². The fraction of sp³-hybridized carbons (Fsp3) is 0.273. The van der Waals surface area contributed by atoms with Crippen LogP contribution in [0.1, 0.15) is 12.5 Å². The predicted molar refractivity (Wildman–Crippen MR) is 62.1 cm³/mol. The second kappa shape index (κ2) is 4.32. The summed E-state index contributed by atoms with van der Waals surface area (Å²) in [5.74, 6) is 0.584. The van der Waals surface area contributed by atoms with E-state index in [4.69, 9.17) is 4.74 Å². The Morgan fingerprint density at radius 1 is 1.41 bits per heavy atom. The summed E-state index contributed by atoms with van der Waals surface area (Å²) in [4.78, 5) is 18.6. The quantitative estimate of drug-likeness (QED) is 0.599. The largest absolute Gasteiger partial charge is 0.495 e. The first kappa shape index (κ1) is 11.3. The average Bonchev–Trinajstić information content (AvgIpc) is 2.36. The molecule has 88 valence electrons. The molecule has 0 saturated heterocycles. The number of rotatable bonds is 3. The number of pyridine rings is 2. The van der Waals surface area contributed by atoms with Crippen LogP contribution in [0.25, 0.3) is 11.0 Å². The third-order valence-electron chi connectivity index (χ3n) is 2.55. The zero-order chi connectivity index (χ0) is 12.4. The van der Waals surface area contributed by atoms with Crippen molar-refractivity contribution in [3.8, 4) is 5.75 Å². The molecule has 0 saturated carbocycles. The molecule has 0 bridgehead atoms. The lowest BCUT2D eigenvalue weighted by molar-refractivity contribution is -0.385. The van der Waals surface area contributed by atoms with E-state index in [1.807, 2.05) is 6.92 Å². The molecule has 0 unspecified atom stereocenters. The molecule has 0 atom stereocenters. The fourth-order valence-corrected chi connectivity index (χ4v) is 1.71. The number of fused-ring (bicyclic) bond motifs is 1. The number of ether oxygens (including phenoxy) is 1. The summed E-state index contributed by atoms with van der Waals surface area (Å²) in [6.45, 7) is 1.85. The van der Waals surface area contributed by atoms with Gasteiger partial charge in [-0.15, -0.1) is 0 Å². The van der Waals surface area contributed by atoms with E-state index in [2.05, 4.69) is 9.97 Å². The van der Waals surface area contributed by atoms with Crippen LogP contribution < -0.4 is 4.74 Å². The lowest BCUT2D eigenvalue weighted by atomic mass is 10.1. The highest BCUT2D eigenvalue weighted by atomic mass is 16.6. The van der Waals surface area contributed by atoms with Crippen LogP contribution in [0.4, 0.5) is 5.69 Å². The second-order valence-corrected chi connectivity index (χ2v) is 3.48. The number of nitrogens with zero attached hydrogens (tertiary/aromatic N) is 3. The van der Waals surface area contributed by atoms with Crippen LogP contribution in [-0.2, 0) is 6.42 Å². The van der Waals surface area contributed by atoms with E-state index < -0.39 is 4.92 Å². The molecule has 0 amide bonds. The van der Waals surface area contributed by atoms with Gasteiger partial charge < -0.3 is 4.74 Å². The molecule has 0 radical (unpaired) electrons. The fourth-order valence-electron chi connectivity index (χ4n) is 1.71. The molecule has 6 nitrogen and oxygen atoms in total. The van der Waals surface area contributed by atoms with E-state index in [-0.39, 0.29) is 5.69 Å². The van der Waals surface area contributed by atoms with Gasteiger partial charge in [-0.25, -0.2) is 4.98 Å². The van der Waals surface area contributed by atoms with Crippen LogP contribution in [0.3, 0.4) is 0 Å². The van der Waals surface area contributed by atoms with Gasteiger partial charge in [-0.2, -0.15) is 0 Å². The van der Waals surface area contributed by atoms with Crippen LogP contribution in [-0.4, -0.2) is 22.0 Å². The molecule has 2 heterocycles. The van der Waals surface area contributed by atoms with E-state index in [1.165, 1.54) is 19.5 Å². The van der Waals surface area contributed by atoms with Crippen molar-refractivity contribution in [1.82, 2.24) is 9.97 Å². The summed E-state index contributed by atoms with van der Waals surface area (Å²) >= 11 is 0. The number of hydrogen-bond donors (Lipinski definition) is 0. The lowest BCUT2D eigenvalue weighted by Crippen LogP contribution is -1.99. The van der Waals surface area contributed by atoms with Crippen LogP contribution in [0, 0.1) is 10.1 Å². The molecule has 2 aromatic heterocycles. The van der Waals surface area contributed by atoms with Gasteiger partial charge in [-0.05, 0) is 6.42 Å². The third kappa shape index (κ3) is 1.89. The van der Waals surface area contributed by atoms with Gasteiger partial charge in [0.15, 0.2) is 0 Å². The molecule has 2 rings (SSSR count). The Hall–Kier alpha value is -2.24. The molecule has 0 aliphatic rings.